The highest BCUT2D eigenvalue weighted by atomic mass is 16.4. The molecule has 3 rings (SSSR count). The Balaban J connectivity index is 2.12. The Kier molecular flexibility index (Phi) is 2.21. The maximum Gasteiger partial charge on any atom is 0.306 e. The second-order valence-corrected chi connectivity index (χ2v) is 4.46. The van der Waals surface area contributed by atoms with Gasteiger partial charge in [-0.25, -0.2) is 0 Å². The molecule has 3 aliphatic rings. The van der Waals surface area contributed by atoms with Crippen molar-refractivity contribution in [2.75, 3.05) is 0 Å². The lowest BCUT2D eigenvalue weighted by Gasteiger charge is -2.43. The van der Waals surface area contributed by atoms with Gasteiger partial charge in [-0.3, -0.25) is 9.59 Å². The number of fused-ring (bicyclic) bond motifs is 3. The summed E-state index contributed by atoms with van der Waals surface area (Å²) in [5.41, 5.74) is 0. The van der Waals surface area contributed by atoms with Gasteiger partial charge in [-0.2, -0.15) is 0 Å². The Bertz CT molecular complexity index is 245. The van der Waals surface area contributed by atoms with Gasteiger partial charge in [0.15, 0.2) is 0 Å². The Morgan fingerprint density at radius 3 is 1.43 bits per heavy atom. The van der Waals surface area contributed by atoms with Gasteiger partial charge in [-0.1, -0.05) is 0 Å². The largest absolute Gasteiger partial charge is 0.481 e. The lowest BCUT2D eigenvalue weighted by molar-refractivity contribution is -0.157. The number of rotatable bonds is 2. The van der Waals surface area contributed by atoms with Crippen LogP contribution in [0.2, 0.25) is 0 Å². The van der Waals surface area contributed by atoms with E-state index in [-0.39, 0.29) is 23.7 Å². The molecule has 4 heteroatoms. The normalized spacial score (nSPS) is 40.9. The molecule has 3 aliphatic carbocycles. The number of hydrogen-bond acceptors (Lipinski definition) is 2. The predicted molar refractivity (Wildman–Crippen MR) is 47.7 cm³/mol. The van der Waals surface area contributed by atoms with Gasteiger partial charge in [-0.15, -0.1) is 0 Å². The number of carboxylic acids is 2. The molecule has 0 aromatic rings. The molecule has 0 saturated heterocycles. The highest BCUT2D eigenvalue weighted by molar-refractivity contribution is 5.74. The summed E-state index contributed by atoms with van der Waals surface area (Å²) in [5, 5.41) is 17.9. The quantitative estimate of drug-likeness (QED) is 0.699. The molecule has 0 amide bonds. The van der Waals surface area contributed by atoms with Crippen LogP contribution < -0.4 is 0 Å². The standard InChI is InChI=1S/C10H14O4/c11-9(12)7-4-6-2-1-5(7)3-8(6)10(13)14/h5-8H,1-4H2,(H,11,12)(H,13,14)/t5-,6?,7?,8?/m0/s1. The average Bonchev–Trinajstić information content (AvgIpc) is 2.18. The highest BCUT2D eigenvalue weighted by Gasteiger charge is 2.47. The maximum atomic E-state index is 10.9. The van der Waals surface area contributed by atoms with E-state index in [1.165, 1.54) is 0 Å². The van der Waals surface area contributed by atoms with Gasteiger partial charge >= 0.3 is 11.9 Å². The van der Waals surface area contributed by atoms with Crippen LogP contribution in [0.1, 0.15) is 25.7 Å². The van der Waals surface area contributed by atoms with Gasteiger partial charge in [0, 0.05) is 0 Å². The van der Waals surface area contributed by atoms with Crippen molar-refractivity contribution in [1.29, 1.82) is 0 Å². The van der Waals surface area contributed by atoms with E-state index >= 15 is 0 Å². The zero-order valence-electron chi connectivity index (χ0n) is 7.85. The van der Waals surface area contributed by atoms with E-state index in [0.717, 1.165) is 12.8 Å². The van der Waals surface area contributed by atoms with Crippen molar-refractivity contribution in [3.63, 3.8) is 0 Å². The lowest BCUT2D eigenvalue weighted by Crippen LogP contribution is -2.43. The van der Waals surface area contributed by atoms with Crippen LogP contribution in [0.5, 0.6) is 0 Å². The van der Waals surface area contributed by atoms with Gasteiger partial charge in [-0.05, 0) is 37.5 Å². The zero-order valence-corrected chi connectivity index (χ0v) is 7.85. The van der Waals surface area contributed by atoms with Crippen molar-refractivity contribution in [3.05, 3.63) is 0 Å². The van der Waals surface area contributed by atoms with Crippen LogP contribution in [0.3, 0.4) is 0 Å². The molecule has 2 bridgehead atoms. The molecular weight excluding hydrogens is 184 g/mol. The van der Waals surface area contributed by atoms with E-state index in [4.69, 9.17) is 10.2 Å². The van der Waals surface area contributed by atoms with Crippen molar-refractivity contribution in [3.8, 4) is 0 Å². The first-order valence-electron chi connectivity index (χ1n) is 5.05. The summed E-state index contributed by atoms with van der Waals surface area (Å²) in [4.78, 5) is 21.7. The van der Waals surface area contributed by atoms with Gasteiger partial charge in [0.25, 0.3) is 0 Å². The number of aliphatic carboxylic acids is 2. The maximum absolute atomic E-state index is 10.9. The van der Waals surface area contributed by atoms with Crippen molar-refractivity contribution in [1.82, 2.24) is 0 Å². The summed E-state index contributed by atoms with van der Waals surface area (Å²) >= 11 is 0. The van der Waals surface area contributed by atoms with E-state index in [0.29, 0.717) is 12.8 Å². The number of hydrogen-bond donors (Lipinski definition) is 2. The van der Waals surface area contributed by atoms with Crippen LogP contribution in [0.4, 0.5) is 0 Å². The van der Waals surface area contributed by atoms with E-state index in [1.54, 1.807) is 0 Å². The summed E-state index contributed by atoms with van der Waals surface area (Å²) in [7, 11) is 0. The molecule has 0 heterocycles. The summed E-state index contributed by atoms with van der Waals surface area (Å²) in [5.74, 6) is -1.88. The van der Waals surface area contributed by atoms with Crippen molar-refractivity contribution in [2.45, 2.75) is 25.7 Å². The molecule has 2 N–H and O–H groups in total. The molecular formula is C10H14O4. The van der Waals surface area contributed by atoms with E-state index in [2.05, 4.69) is 0 Å². The molecule has 0 radical (unpaired) electrons. The van der Waals surface area contributed by atoms with Crippen LogP contribution in [0, 0.1) is 23.7 Å². The van der Waals surface area contributed by atoms with Gasteiger partial charge in [0.1, 0.15) is 0 Å². The summed E-state index contributed by atoms with van der Waals surface area (Å²) < 4.78 is 0. The summed E-state index contributed by atoms with van der Waals surface area (Å²) in [6.45, 7) is 0. The molecule has 3 saturated carbocycles. The van der Waals surface area contributed by atoms with Crippen molar-refractivity contribution >= 4 is 11.9 Å². The topological polar surface area (TPSA) is 74.6 Å². The highest BCUT2D eigenvalue weighted by Crippen LogP contribution is 2.48. The SMILES string of the molecule is O=C(O)C1C[C@@H]2CCC1CC2C(=O)O. The summed E-state index contributed by atoms with van der Waals surface area (Å²) in [6, 6.07) is 0. The third kappa shape index (κ3) is 1.38. The molecule has 0 aliphatic heterocycles. The van der Waals surface area contributed by atoms with Crippen LogP contribution in [0.25, 0.3) is 0 Å². The fourth-order valence-electron chi connectivity index (χ4n) is 3.04. The molecule has 4 atom stereocenters. The summed E-state index contributed by atoms with van der Waals surface area (Å²) in [6.07, 6.45) is 2.92. The minimum absolute atomic E-state index is 0.0959. The van der Waals surface area contributed by atoms with Crippen molar-refractivity contribution < 1.29 is 19.8 Å². The smallest absolute Gasteiger partial charge is 0.306 e. The second-order valence-electron chi connectivity index (χ2n) is 4.46. The molecule has 3 fully saturated rings. The third-order valence-electron chi connectivity index (χ3n) is 3.79. The Labute approximate surface area is 81.9 Å². The molecule has 0 aromatic carbocycles. The molecule has 3 unspecified atom stereocenters. The number of carboxylic acid groups (broad SMARTS) is 2. The molecule has 14 heavy (non-hydrogen) atoms. The van der Waals surface area contributed by atoms with Crippen LogP contribution >= 0.6 is 0 Å². The molecule has 0 spiro atoms. The fraction of sp³-hybridized carbons (Fsp3) is 0.800. The van der Waals surface area contributed by atoms with Crippen molar-refractivity contribution in [2.24, 2.45) is 23.7 Å². The first-order valence-corrected chi connectivity index (χ1v) is 5.05. The van der Waals surface area contributed by atoms with Gasteiger partial charge in [0.05, 0.1) is 11.8 Å². The van der Waals surface area contributed by atoms with Gasteiger partial charge < -0.3 is 10.2 Å². The molecule has 78 valence electrons. The fourth-order valence-corrected chi connectivity index (χ4v) is 3.04. The zero-order chi connectivity index (χ0) is 10.3. The first kappa shape index (κ1) is 9.49. The van der Waals surface area contributed by atoms with E-state index in [1.807, 2.05) is 0 Å². The average molecular weight is 198 g/mol. The molecule has 0 aromatic heterocycles. The van der Waals surface area contributed by atoms with Gasteiger partial charge in [0.2, 0.25) is 0 Å². The van der Waals surface area contributed by atoms with Crippen LogP contribution in [-0.2, 0) is 9.59 Å². The van der Waals surface area contributed by atoms with E-state index in [9.17, 15) is 9.59 Å². The van der Waals surface area contributed by atoms with Crippen LogP contribution in [0.15, 0.2) is 0 Å². The molecule has 4 nitrogen and oxygen atoms in total. The predicted octanol–water partition coefficient (Wildman–Crippen LogP) is 1.21. The van der Waals surface area contributed by atoms with E-state index < -0.39 is 11.9 Å². The monoisotopic (exact) mass is 198 g/mol. The number of carbonyl (C=O) groups is 2. The first-order chi connectivity index (χ1) is 6.59. The third-order valence-corrected chi connectivity index (χ3v) is 3.79. The second kappa shape index (κ2) is 3.26. The Morgan fingerprint density at radius 1 is 0.857 bits per heavy atom. The Hall–Kier alpha value is -1.06. The van der Waals surface area contributed by atoms with Crippen LogP contribution in [-0.4, -0.2) is 22.2 Å². The minimum Gasteiger partial charge on any atom is -0.481 e. The minimum atomic E-state index is -0.747. The Morgan fingerprint density at radius 2 is 1.21 bits per heavy atom. The lowest BCUT2D eigenvalue weighted by atomic mass is 9.60.